The van der Waals surface area contributed by atoms with Crippen molar-refractivity contribution in [3.8, 4) is 0 Å². The van der Waals surface area contributed by atoms with Crippen LogP contribution in [0.1, 0.15) is 12.8 Å². The van der Waals surface area contributed by atoms with Crippen molar-refractivity contribution in [3.63, 3.8) is 0 Å². The molecule has 2 saturated heterocycles. The van der Waals surface area contributed by atoms with E-state index in [4.69, 9.17) is 5.11 Å². The van der Waals surface area contributed by atoms with Gasteiger partial charge in [0.1, 0.15) is 0 Å². The van der Waals surface area contributed by atoms with E-state index in [0.29, 0.717) is 5.91 Å². The Hall–Kier alpha value is -0.650. The molecule has 0 spiro atoms. The number of piperazine rings is 1. The lowest BCUT2D eigenvalue weighted by atomic mass is 9.98. The fraction of sp³-hybridized carbons (Fsp3) is 0.917. The van der Waals surface area contributed by atoms with Gasteiger partial charge in [0.15, 0.2) is 0 Å². The second-order valence-electron chi connectivity index (χ2n) is 4.93. The molecule has 2 rings (SSSR count). The number of carbonyl (C=O) groups excluding carboxylic acids is 1. The van der Waals surface area contributed by atoms with Crippen LogP contribution < -0.4 is 5.32 Å². The van der Waals surface area contributed by atoms with Crippen LogP contribution in [-0.2, 0) is 4.79 Å². The van der Waals surface area contributed by atoms with Gasteiger partial charge in [-0.15, -0.1) is 0 Å². The molecule has 0 aromatic heterocycles. The highest BCUT2D eigenvalue weighted by molar-refractivity contribution is 5.79. The van der Waals surface area contributed by atoms with Crippen LogP contribution in [-0.4, -0.2) is 73.2 Å². The number of nitrogens with one attached hydrogen (secondary N) is 1. The van der Waals surface area contributed by atoms with Crippen molar-refractivity contribution in [3.05, 3.63) is 0 Å². The quantitative estimate of drug-likeness (QED) is 0.674. The van der Waals surface area contributed by atoms with Crippen LogP contribution in [0.5, 0.6) is 0 Å². The van der Waals surface area contributed by atoms with Gasteiger partial charge in [0, 0.05) is 39.3 Å². The number of aliphatic hydroxyl groups is 1. The summed E-state index contributed by atoms with van der Waals surface area (Å²) < 4.78 is 0. The predicted molar refractivity (Wildman–Crippen MR) is 65.7 cm³/mol. The normalized spacial score (nSPS) is 27.1. The lowest BCUT2D eigenvalue weighted by molar-refractivity contribution is -0.137. The molecule has 98 valence electrons. The first-order chi connectivity index (χ1) is 8.31. The molecule has 2 N–H and O–H groups in total. The van der Waals surface area contributed by atoms with E-state index in [9.17, 15) is 4.79 Å². The SMILES string of the molecule is O=C([C@@H]1CCCNC1)N1CCN(CCO)CC1. The zero-order valence-electron chi connectivity index (χ0n) is 10.4. The van der Waals surface area contributed by atoms with E-state index in [0.717, 1.165) is 58.7 Å². The van der Waals surface area contributed by atoms with E-state index >= 15 is 0 Å². The van der Waals surface area contributed by atoms with Crippen LogP contribution in [0.25, 0.3) is 0 Å². The smallest absolute Gasteiger partial charge is 0.227 e. The van der Waals surface area contributed by atoms with Gasteiger partial charge in [-0.1, -0.05) is 0 Å². The molecule has 0 radical (unpaired) electrons. The average Bonchev–Trinajstić information content (AvgIpc) is 2.40. The summed E-state index contributed by atoms with van der Waals surface area (Å²) in [7, 11) is 0. The number of rotatable bonds is 3. The number of aliphatic hydroxyl groups excluding tert-OH is 1. The van der Waals surface area contributed by atoms with Crippen molar-refractivity contribution in [2.45, 2.75) is 12.8 Å². The van der Waals surface area contributed by atoms with Gasteiger partial charge in [0.05, 0.1) is 12.5 Å². The number of amides is 1. The van der Waals surface area contributed by atoms with Crippen LogP contribution >= 0.6 is 0 Å². The molecule has 0 aromatic carbocycles. The molecular weight excluding hydrogens is 218 g/mol. The van der Waals surface area contributed by atoms with E-state index in [-0.39, 0.29) is 12.5 Å². The van der Waals surface area contributed by atoms with E-state index in [2.05, 4.69) is 10.2 Å². The van der Waals surface area contributed by atoms with Gasteiger partial charge >= 0.3 is 0 Å². The summed E-state index contributed by atoms with van der Waals surface area (Å²) in [5, 5.41) is 12.2. The molecule has 0 saturated carbocycles. The Labute approximate surface area is 103 Å². The third-order valence-corrected chi connectivity index (χ3v) is 3.75. The first-order valence-corrected chi connectivity index (χ1v) is 6.64. The molecule has 1 amide bonds. The Morgan fingerprint density at radius 1 is 1.29 bits per heavy atom. The lowest BCUT2D eigenvalue weighted by Gasteiger charge is -2.37. The minimum absolute atomic E-state index is 0.188. The lowest BCUT2D eigenvalue weighted by Crippen LogP contribution is -2.52. The third-order valence-electron chi connectivity index (χ3n) is 3.75. The Morgan fingerprint density at radius 2 is 2.06 bits per heavy atom. The van der Waals surface area contributed by atoms with Gasteiger partial charge in [-0.05, 0) is 19.4 Å². The molecule has 5 heteroatoms. The van der Waals surface area contributed by atoms with Gasteiger partial charge in [0.2, 0.25) is 5.91 Å². The average molecular weight is 241 g/mol. The fourth-order valence-electron chi connectivity index (χ4n) is 2.65. The maximum absolute atomic E-state index is 12.2. The van der Waals surface area contributed by atoms with Crippen LogP contribution in [0.15, 0.2) is 0 Å². The number of piperidine rings is 1. The molecule has 2 fully saturated rings. The van der Waals surface area contributed by atoms with E-state index < -0.39 is 0 Å². The van der Waals surface area contributed by atoms with E-state index in [1.165, 1.54) is 0 Å². The molecule has 5 nitrogen and oxygen atoms in total. The second kappa shape index (κ2) is 6.33. The van der Waals surface area contributed by atoms with Gasteiger partial charge in [-0.3, -0.25) is 9.69 Å². The largest absolute Gasteiger partial charge is 0.395 e. The van der Waals surface area contributed by atoms with Crippen molar-refractivity contribution in [2.24, 2.45) is 5.92 Å². The zero-order chi connectivity index (χ0) is 12.1. The van der Waals surface area contributed by atoms with Crippen LogP contribution in [0.4, 0.5) is 0 Å². The first kappa shape index (κ1) is 12.8. The van der Waals surface area contributed by atoms with Gasteiger partial charge in [-0.25, -0.2) is 0 Å². The Balaban J connectivity index is 1.77. The van der Waals surface area contributed by atoms with Crippen LogP contribution in [0.3, 0.4) is 0 Å². The Morgan fingerprint density at radius 3 is 2.65 bits per heavy atom. The monoisotopic (exact) mass is 241 g/mol. The van der Waals surface area contributed by atoms with Gasteiger partial charge < -0.3 is 15.3 Å². The molecule has 0 aliphatic carbocycles. The number of β-amino-alcohol motifs (C(OH)–C–C–N with tert-alkyl or cyclic N) is 1. The van der Waals surface area contributed by atoms with E-state index in [1.54, 1.807) is 0 Å². The zero-order valence-corrected chi connectivity index (χ0v) is 10.4. The minimum Gasteiger partial charge on any atom is -0.395 e. The van der Waals surface area contributed by atoms with Crippen molar-refractivity contribution >= 4 is 5.91 Å². The summed E-state index contributed by atoms with van der Waals surface area (Å²) in [6.07, 6.45) is 2.14. The molecule has 2 heterocycles. The van der Waals surface area contributed by atoms with Crippen molar-refractivity contribution in [1.82, 2.24) is 15.1 Å². The van der Waals surface area contributed by atoms with Crippen molar-refractivity contribution in [1.29, 1.82) is 0 Å². The van der Waals surface area contributed by atoms with Crippen LogP contribution in [0.2, 0.25) is 0 Å². The molecule has 1 atom stereocenters. The summed E-state index contributed by atoms with van der Waals surface area (Å²) in [5.74, 6) is 0.508. The number of nitrogens with zero attached hydrogens (tertiary/aromatic N) is 2. The summed E-state index contributed by atoms with van der Waals surface area (Å²) in [5.41, 5.74) is 0. The number of hydrogen-bond donors (Lipinski definition) is 2. The third kappa shape index (κ3) is 3.40. The molecule has 0 unspecified atom stereocenters. The van der Waals surface area contributed by atoms with Crippen LogP contribution in [0, 0.1) is 5.92 Å². The standard InChI is InChI=1S/C12H23N3O2/c16-9-8-14-4-6-15(7-5-14)12(17)11-2-1-3-13-10-11/h11,13,16H,1-10H2/t11-/m1/s1. The Kier molecular flexibility index (Phi) is 4.76. The highest BCUT2D eigenvalue weighted by atomic mass is 16.3. The highest BCUT2D eigenvalue weighted by Gasteiger charge is 2.28. The number of carbonyl (C=O) groups is 1. The Bertz CT molecular complexity index is 246. The fourth-order valence-corrected chi connectivity index (χ4v) is 2.65. The van der Waals surface area contributed by atoms with Gasteiger partial charge in [0.25, 0.3) is 0 Å². The summed E-state index contributed by atoms with van der Waals surface area (Å²) in [6.45, 7) is 6.25. The maximum Gasteiger partial charge on any atom is 0.227 e. The summed E-state index contributed by atoms with van der Waals surface area (Å²) >= 11 is 0. The molecule has 2 aliphatic heterocycles. The highest BCUT2D eigenvalue weighted by Crippen LogP contribution is 2.14. The summed E-state index contributed by atoms with van der Waals surface area (Å²) in [4.78, 5) is 16.4. The summed E-state index contributed by atoms with van der Waals surface area (Å²) in [6, 6.07) is 0. The molecule has 2 aliphatic rings. The second-order valence-corrected chi connectivity index (χ2v) is 4.93. The molecule has 0 aromatic rings. The van der Waals surface area contributed by atoms with Crippen molar-refractivity contribution in [2.75, 3.05) is 52.4 Å². The molecular formula is C12H23N3O2. The van der Waals surface area contributed by atoms with E-state index in [1.807, 2.05) is 4.90 Å². The van der Waals surface area contributed by atoms with Gasteiger partial charge in [-0.2, -0.15) is 0 Å². The predicted octanol–water partition coefficient (Wildman–Crippen LogP) is -0.877. The maximum atomic E-state index is 12.2. The minimum atomic E-state index is 0.188. The van der Waals surface area contributed by atoms with Crippen molar-refractivity contribution < 1.29 is 9.90 Å². The first-order valence-electron chi connectivity index (χ1n) is 6.64. The topological polar surface area (TPSA) is 55.8 Å². The number of hydrogen-bond acceptors (Lipinski definition) is 4. The molecule has 17 heavy (non-hydrogen) atoms. The molecule has 0 bridgehead atoms.